The van der Waals surface area contributed by atoms with Crippen LogP contribution in [0.2, 0.25) is 0 Å². The van der Waals surface area contributed by atoms with Gasteiger partial charge in [-0.3, -0.25) is 4.79 Å². The van der Waals surface area contributed by atoms with E-state index in [1.807, 2.05) is 0 Å². The number of benzene rings is 1. The van der Waals surface area contributed by atoms with Gasteiger partial charge in [-0.2, -0.15) is 0 Å². The van der Waals surface area contributed by atoms with Crippen molar-refractivity contribution in [1.29, 1.82) is 0 Å². The van der Waals surface area contributed by atoms with Crippen LogP contribution in [-0.2, 0) is 9.53 Å². The lowest BCUT2D eigenvalue weighted by Gasteiger charge is -2.00. The summed E-state index contributed by atoms with van der Waals surface area (Å²) in [6.07, 6.45) is 1.47. The van der Waals surface area contributed by atoms with Gasteiger partial charge in [0.05, 0.1) is 20.8 Å². The Morgan fingerprint density at radius 2 is 1.94 bits per heavy atom. The predicted octanol–water partition coefficient (Wildman–Crippen LogP) is 2.13. The Bertz CT molecular complexity index is 440. The van der Waals surface area contributed by atoms with E-state index in [4.69, 9.17) is 11.3 Å². The van der Waals surface area contributed by atoms with Crippen molar-refractivity contribution in [3.05, 3.63) is 46.9 Å². The predicted molar refractivity (Wildman–Crippen MR) is 59.6 cm³/mol. The van der Waals surface area contributed by atoms with Gasteiger partial charge in [0.15, 0.2) is 0 Å². The Labute approximate surface area is 93.9 Å². The SMILES string of the molecule is [C-]#[N+]/C(=C\c1ccc(OC)cc1)C(=O)OC. The van der Waals surface area contributed by atoms with Gasteiger partial charge in [-0.25, -0.2) is 4.85 Å². The quantitative estimate of drug-likeness (QED) is 0.442. The lowest BCUT2D eigenvalue weighted by atomic mass is 10.2. The smallest absolute Gasteiger partial charge is 0.336 e. The van der Waals surface area contributed by atoms with Gasteiger partial charge < -0.3 is 9.47 Å². The molecule has 0 bridgehead atoms. The summed E-state index contributed by atoms with van der Waals surface area (Å²) in [5.41, 5.74) is 0.699. The zero-order chi connectivity index (χ0) is 12.0. The molecule has 0 amide bonds. The van der Waals surface area contributed by atoms with Gasteiger partial charge in [-0.1, -0.05) is 12.1 Å². The summed E-state index contributed by atoms with van der Waals surface area (Å²) in [7, 11) is 2.82. The van der Waals surface area contributed by atoms with Crippen LogP contribution in [-0.4, -0.2) is 20.2 Å². The highest BCUT2D eigenvalue weighted by Crippen LogP contribution is 2.14. The van der Waals surface area contributed by atoms with E-state index < -0.39 is 5.97 Å². The van der Waals surface area contributed by atoms with Crippen LogP contribution in [0.25, 0.3) is 10.9 Å². The van der Waals surface area contributed by atoms with Crippen LogP contribution in [0.15, 0.2) is 30.0 Å². The van der Waals surface area contributed by atoms with Crippen molar-refractivity contribution >= 4 is 12.0 Å². The number of esters is 1. The van der Waals surface area contributed by atoms with Gasteiger partial charge in [0, 0.05) is 0 Å². The number of carbonyl (C=O) groups is 1. The summed E-state index contributed by atoms with van der Waals surface area (Å²) >= 11 is 0. The van der Waals surface area contributed by atoms with Crippen LogP contribution in [0.1, 0.15) is 5.56 Å². The van der Waals surface area contributed by atoms with Crippen LogP contribution in [0, 0.1) is 6.57 Å². The molecule has 1 aromatic carbocycles. The van der Waals surface area contributed by atoms with Crippen molar-refractivity contribution < 1.29 is 14.3 Å². The lowest BCUT2D eigenvalue weighted by Crippen LogP contribution is -2.00. The first kappa shape index (κ1) is 11.8. The van der Waals surface area contributed by atoms with Crippen molar-refractivity contribution in [2.45, 2.75) is 0 Å². The molecule has 0 spiro atoms. The third-order valence-corrected chi connectivity index (χ3v) is 1.93. The molecule has 0 saturated heterocycles. The maximum atomic E-state index is 11.1. The molecular formula is C12H11NO3. The summed E-state index contributed by atoms with van der Waals surface area (Å²) < 4.78 is 9.47. The Morgan fingerprint density at radius 1 is 1.31 bits per heavy atom. The number of nitrogens with zero attached hydrogens (tertiary/aromatic N) is 1. The average molecular weight is 217 g/mol. The molecular weight excluding hydrogens is 206 g/mol. The lowest BCUT2D eigenvalue weighted by molar-refractivity contribution is -0.135. The Morgan fingerprint density at radius 3 is 2.38 bits per heavy atom. The molecule has 0 radical (unpaired) electrons. The molecule has 0 unspecified atom stereocenters. The Kier molecular flexibility index (Phi) is 4.10. The highest BCUT2D eigenvalue weighted by Gasteiger charge is 2.08. The van der Waals surface area contributed by atoms with Crippen LogP contribution in [0.4, 0.5) is 0 Å². The zero-order valence-electron chi connectivity index (χ0n) is 9.06. The Hall–Kier alpha value is -2.28. The van der Waals surface area contributed by atoms with E-state index in [1.54, 1.807) is 31.4 Å². The molecule has 4 nitrogen and oxygen atoms in total. The Balaban J connectivity index is 2.96. The minimum Gasteiger partial charge on any atom is -0.497 e. The van der Waals surface area contributed by atoms with Crippen molar-refractivity contribution in [2.75, 3.05) is 14.2 Å². The molecule has 82 valence electrons. The molecule has 0 heterocycles. The monoisotopic (exact) mass is 217 g/mol. The number of ether oxygens (including phenoxy) is 2. The van der Waals surface area contributed by atoms with E-state index in [1.165, 1.54) is 13.2 Å². The van der Waals surface area contributed by atoms with Crippen LogP contribution < -0.4 is 4.74 Å². The van der Waals surface area contributed by atoms with Crippen molar-refractivity contribution in [1.82, 2.24) is 0 Å². The highest BCUT2D eigenvalue weighted by molar-refractivity contribution is 5.95. The van der Waals surface area contributed by atoms with Gasteiger partial charge in [0.25, 0.3) is 5.70 Å². The average Bonchev–Trinajstić information content (AvgIpc) is 2.35. The van der Waals surface area contributed by atoms with E-state index in [0.29, 0.717) is 0 Å². The number of rotatable bonds is 3. The summed E-state index contributed by atoms with van der Waals surface area (Å²) in [6.45, 7) is 6.85. The molecule has 0 aliphatic rings. The minimum atomic E-state index is -0.634. The number of carbonyl (C=O) groups excluding carboxylic acids is 1. The van der Waals surface area contributed by atoms with E-state index >= 15 is 0 Å². The molecule has 0 fully saturated rings. The molecule has 0 aliphatic carbocycles. The third-order valence-electron chi connectivity index (χ3n) is 1.93. The maximum absolute atomic E-state index is 11.1. The normalized spacial score (nSPS) is 10.4. The van der Waals surface area contributed by atoms with E-state index in [-0.39, 0.29) is 5.70 Å². The molecule has 0 N–H and O–H groups in total. The van der Waals surface area contributed by atoms with Gasteiger partial charge in [-0.15, -0.1) is 0 Å². The van der Waals surface area contributed by atoms with Gasteiger partial charge in [-0.05, 0) is 23.8 Å². The van der Waals surface area contributed by atoms with Crippen LogP contribution in [0.5, 0.6) is 5.75 Å². The second kappa shape index (κ2) is 5.56. The van der Waals surface area contributed by atoms with E-state index in [0.717, 1.165) is 11.3 Å². The number of methoxy groups -OCH3 is 2. The standard InChI is InChI=1S/C12H11NO3/c1-13-11(12(14)16-3)8-9-4-6-10(15-2)7-5-9/h4-8H,2-3H3/b11-8-. The summed E-state index contributed by atoms with van der Waals surface area (Å²) in [5.74, 6) is 0.0883. The minimum absolute atomic E-state index is 0.0485. The van der Waals surface area contributed by atoms with Crippen LogP contribution >= 0.6 is 0 Å². The molecule has 1 aromatic rings. The molecule has 0 atom stereocenters. The van der Waals surface area contributed by atoms with Gasteiger partial charge in [0.1, 0.15) is 5.75 Å². The molecule has 0 aliphatic heterocycles. The maximum Gasteiger partial charge on any atom is 0.336 e. The second-order valence-electron chi connectivity index (χ2n) is 2.91. The molecule has 1 rings (SSSR count). The first-order chi connectivity index (χ1) is 7.71. The summed E-state index contributed by atoms with van der Waals surface area (Å²) in [4.78, 5) is 14.2. The van der Waals surface area contributed by atoms with Gasteiger partial charge in [0.2, 0.25) is 0 Å². The molecule has 16 heavy (non-hydrogen) atoms. The zero-order valence-corrected chi connectivity index (χ0v) is 9.06. The van der Waals surface area contributed by atoms with Gasteiger partial charge >= 0.3 is 5.97 Å². The van der Waals surface area contributed by atoms with Crippen molar-refractivity contribution in [3.8, 4) is 5.75 Å². The first-order valence-electron chi connectivity index (χ1n) is 4.52. The fraction of sp³-hybridized carbons (Fsp3) is 0.167. The number of hydrogen-bond acceptors (Lipinski definition) is 3. The van der Waals surface area contributed by atoms with E-state index in [2.05, 4.69) is 9.58 Å². The molecule has 4 heteroatoms. The highest BCUT2D eigenvalue weighted by atomic mass is 16.5. The fourth-order valence-electron chi connectivity index (χ4n) is 1.10. The van der Waals surface area contributed by atoms with E-state index in [9.17, 15) is 4.79 Å². The second-order valence-corrected chi connectivity index (χ2v) is 2.91. The molecule has 0 aromatic heterocycles. The first-order valence-corrected chi connectivity index (χ1v) is 4.52. The number of hydrogen-bond donors (Lipinski definition) is 0. The molecule has 0 saturated carbocycles. The fourth-order valence-corrected chi connectivity index (χ4v) is 1.10. The van der Waals surface area contributed by atoms with Crippen molar-refractivity contribution in [3.63, 3.8) is 0 Å². The van der Waals surface area contributed by atoms with Crippen LogP contribution in [0.3, 0.4) is 0 Å². The van der Waals surface area contributed by atoms with Crippen molar-refractivity contribution in [2.24, 2.45) is 0 Å². The third kappa shape index (κ3) is 2.85. The summed E-state index contributed by atoms with van der Waals surface area (Å²) in [5, 5.41) is 0. The topological polar surface area (TPSA) is 39.9 Å². The summed E-state index contributed by atoms with van der Waals surface area (Å²) in [6, 6.07) is 7.02. The largest absolute Gasteiger partial charge is 0.497 e.